The van der Waals surface area contributed by atoms with E-state index in [-0.39, 0.29) is 12.2 Å². The van der Waals surface area contributed by atoms with Gasteiger partial charge in [0.2, 0.25) is 0 Å². The van der Waals surface area contributed by atoms with E-state index in [9.17, 15) is 9.18 Å². The Hall–Kier alpha value is -4.85. The minimum atomic E-state index is -0.492. The number of rotatable bonds is 5. The average molecular weight is 522 g/mol. The number of benzene rings is 3. The third-order valence-corrected chi connectivity index (χ3v) is 7.09. The van der Waals surface area contributed by atoms with Gasteiger partial charge in [0.05, 0.1) is 42.5 Å². The molecular formula is C31H28FN5O2. The predicted molar refractivity (Wildman–Crippen MR) is 148 cm³/mol. The first-order chi connectivity index (χ1) is 19.1. The van der Waals surface area contributed by atoms with Crippen molar-refractivity contribution in [1.82, 2.24) is 19.2 Å². The molecule has 0 spiro atoms. The Labute approximate surface area is 226 Å². The molecule has 2 aromatic heterocycles. The maximum Gasteiger partial charge on any atom is 0.323 e. The summed E-state index contributed by atoms with van der Waals surface area (Å²) in [5.41, 5.74) is 4.64. The van der Waals surface area contributed by atoms with Crippen LogP contribution >= 0.6 is 0 Å². The lowest BCUT2D eigenvalue weighted by atomic mass is 10.0. The smallest absolute Gasteiger partial charge is 0.323 e. The van der Waals surface area contributed by atoms with Crippen molar-refractivity contribution < 1.29 is 13.9 Å². The summed E-state index contributed by atoms with van der Waals surface area (Å²) >= 11 is 0. The Morgan fingerprint density at radius 1 is 1.03 bits per heavy atom. The Bertz CT molecular complexity index is 1640. The number of amides is 2. The van der Waals surface area contributed by atoms with Crippen LogP contribution in [0, 0.1) is 5.82 Å². The molecule has 3 heterocycles. The molecule has 3 aromatic carbocycles. The predicted octanol–water partition coefficient (Wildman–Crippen LogP) is 6.51. The van der Waals surface area contributed by atoms with Gasteiger partial charge in [-0.25, -0.2) is 13.9 Å². The number of halogens is 1. The number of fused-ring (bicyclic) bond motifs is 3. The molecular weight excluding hydrogens is 493 g/mol. The molecule has 1 aliphatic rings. The molecule has 1 aliphatic heterocycles. The molecule has 0 saturated carbocycles. The van der Waals surface area contributed by atoms with Gasteiger partial charge in [0, 0.05) is 11.8 Å². The molecule has 0 unspecified atom stereocenters. The fourth-order valence-corrected chi connectivity index (χ4v) is 5.26. The van der Waals surface area contributed by atoms with Crippen molar-refractivity contribution in [3.63, 3.8) is 0 Å². The topological polar surface area (TPSA) is 64.3 Å². The van der Waals surface area contributed by atoms with Crippen LogP contribution < -0.4 is 10.1 Å². The highest BCUT2D eigenvalue weighted by molar-refractivity contribution is 5.90. The van der Waals surface area contributed by atoms with E-state index in [0.29, 0.717) is 12.2 Å². The number of hydrogen-bond donors (Lipinski definition) is 1. The summed E-state index contributed by atoms with van der Waals surface area (Å²) in [5, 5.41) is 7.79. The molecule has 0 radical (unpaired) electrons. The van der Waals surface area contributed by atoms with Crippen molar-refractivity contribution in [2.24, 2.45) is 0 Å². The standard InChI is InChI=1S/C31H28FN5O2/c1-3-26-24-20-36(31(38)33-27-16-8-7-15-25(27)32)29(21-11-9-14-23(19-21)39-2)28-17-10-18-35(28)30(24)37(34-26)22-12-5-4-6-13-22/h4-19,29H,3,20H2,1-2H3,(H,33,38)/t29-/m0/s1. The van der Waals surface area contributed by atoms with Gasteiger partial charge in [-0.3, -0.25) is 0 Å². The highest BCUT2D eigenvalue weighted by Crippen LogP contribution is 2.39. The van der Waals surface area contributed by atoms with E-state index in [4.69, 9.17) is 9.84 Å². The summed E-state index contributed by atoms with van der Waals surface area (Å²) in [6.07, 6.45) is 2.69. The van der Waals surface area contributed by atoms with E-state index in [0.717, 1.165) is 34.0 Å². The van der Waals surface area contributed by atoms with Crippen LogP contribution in [0.4, 0.5) is 14.9 Å². The second-order valence-corrected chi connectivity index (χ2v) is 9.37. The van der Waals surface area contributed by atoms with Crippen LogP contribution in [0.2, 0.25) is 0 Å². The summed E-state index contributed by atoms with van der Waals surface area (Å²) in [5.74, 6) is 1.08. The number of carbonyl (C=O) groups is 1. The summed E-state index contributed by atoms with van der Waals surface area (Å²) in [6.45, 7) is 2.33. The first kappa shape index (κ1) is 24.5. The normalized spacial score (nSPS) is 14.3. The van der Waals surface area contributed by atoms with E-state index < -0.39 is 17.9 Å². The minimum Gasteiger partial charge on any atom is -0.497 e. The zero-order valence-electron chi connectivity index (χ0n) is 21.7. The lowest BCUT2D eigenvalue weighted by molar-refractivity contribution is 0.194. The van der Waals surface area contributed by atoms with Crippen LogP contribution in [0.15, 0.2) is 97.2 Å². The molecule has 8 heteroatoms. The molecule has 1 atom stereocenters. The molecule has 2 amide bonds. The molecule has 0 aliphatic carbocycles. The first-order valence-electron chi connectivity index (χ1n) is 12.9. The quantitative estimate of drug-likeness (QED) is 0.287. The van der Waals surface area contributed by atoms with Crippen molar-refractivity contribution >= 4 is 11.7 Å². The van der Waals surface area contributed by atoms with Crippen LogP contribution in [0.3, 0.4) is 0 Å². The Balaban J connectivity index is 1.56. The van der Waals surface area contributed by atoms with Crippen LogP contribution in [-0.2, 0) is 13.0 Å². The van der Waals surface area contributed by atoms with E-state index in [1.54, 1.807) is 30.2 Å². The van der Waals surface area contributed by atoms with Gasteiger partial charge in [0.15, 0.2) is 0 Å². The number of methoxy groups -OCH3 is 1. The maximum atomic E-state index is 14.6. The second-order valence-electron chi connectivity index (χ2n) is 9.37. The molecule has 0 saturated heterocycles. The van der Waals surface area contributed by atoms with Gasteiger partial charge in [0.25, 0.3) is 0 Å². The molecule has 5 aromatic rings. The highest BCUT2D eigenvalue weighted by Gasteiger charge is 2.36. The molecule has 196 valence electrons. The van der Waals surface area contributed by atoms with Crippen LogP contribution in [0.25, 0.3) is 11.5 Å². The van der Waals surface area contributed by atoms with E-state index in [1.807, 2.05) is 77.6 Å². The third kappa shape index (κ3) is 4.33. The number of nitrogens with one attached hydrogen (secondary N) is 1. The summed E-state index contributed by atoms with van der Waals surface area (Å²) in [7, 11) is 1.62. The van der Waals surface area contributed by atoms with Crippen LogP contribution in [0.5, 0.6) is 5.75 Å². The van der Waals surface area contributed by atoms with Gasteiger partial charge in [-0.1, -0.05) is 49.4 Å². The van der Waals surface area contributed by atoms with Crippen LogP contribution in [0.1, 0.15) is 35.5 Å². The average Bonchev–Trinajstić information content (AvgIpc) is 3.55. The third-order valence-electron chi connectivity index (χ3n) is 7.09. The van der Waals surface area contributed by atoms with Crippen molar-refractivity contribution in [1.29, 1.82) is 0 Å². The van der Waals surface area contributed by atoms with Crippen molar-refractivity contribution in [3.8, 4) is 17.3 Å². The lowest BCUT2D eigenvalue weighted by Gasteiger charge is -2.31. The number of nitrogens with zero attached hydrogens (tertiary/aromatic N) is 4. The van der Waals surface area contributed by atoms with Crippen LogP contribution in [-0.4, -0.2) is 32.4 Å². The molecule has 1 N–H and O–H groups in total. The van der Waals surface area contributed by atoms with Gasteiger partial charge in [-0.15, -0.1) is 0 Å². The molecule has 7 nitrogen and oxygen atoms in total. The number of urea groups is 1. The summed E-state index contributed by atoms with van der Waals surface area (Å²) in [6, 6.07) is 26.9. The first-order valence-corrected chi connectivity index (χ1v) is 12.9. The van der Waals surface area contributed by atoms with E-state index in [1.165, 1.54) is 6.07 Å². The largest absolute Gasteiger partial charge is 0.497 e. The second kappa shape index (κ2) is 10.1. The number of aromatic nitrogens is 3. The number of hydrogen-bond acceptors (Lipinski definition) is 3. The molecule has 39 heavy (non-hydrogen) atoms. The van der Waals surface area contributed by atoms with Gasteiger partial charge < -0.3 is 19.5 Å². The fourth-order valence-electron chi connectivity index (χ4n) is 5.26. The Morgan fingerprint density at radius 2 is 1.82 bits per heavy atom. The van der Waals surface area contributed by atoms with Gasteiger partial charge in [0.1, 0.15) is 17.4 Å². The number of para-hydroxylation sites is 2. The summed E-state index contributed by atoms with van der Waals surface area (Å²) < 4.78 is 24.2. The molecule has 0 fully saturated rings. The van der Waals surface area contributed by atoms with Crippen molar-refractivity contribution in [3.05, 3.63) is 126 Å². The summed E-state index contributed by atoms with van der Waals surface area (Å²) in [4.78, 5) is 15.8. The number of ether oxygens (including phenoxy) is 1. The van der Waals surface area contributed by atoms with E-state index >= 15 is 0 Å². The molecule has 6 rings (SSSR count). The van der Waals surface area contributed by atoms with Crippen molar-refractivity contribution in [2.75, 3.05) is 12.4 Å². The van der Waals surface area contributed by atoms with E-state index in [2.05, 4.69) is 16.8 Å². The number of aryl methyl sites for hydroxylation is 1. The highest BCUT2D eigenvalue weighted by atomic mass is 19.1. The minimum absolute atomic E-state index is 0.127. The fraction of sp³-hybridized carbons (Fsp3) is 0.161. The number of anilines is 1. The maximum absolute atomic E-state index is 14.6. The van der Waals surface area contributed by atoms with Gasteiger partial charge >= 0.3 is 6.03 Å². The van der Waals surface area contributed by atoms with Gasteiger partial charge in [-0.2, -0.15) is 5.10 Å². The Kier molecular flexibility index (Phi) is 6.36. The number of carbonyl (C=O) groups excluding carboxylic acids is 1. The monoisotopic (exact) mass is 521 g/mol. The molecule has 0 bridgehead atoms. The lowest BCUT2D eigenvalue weighted by Crippen LogP contribution is -2.38. The van der Waals surface area contributed by atoms with Gasteiger partial charge in [-0.05, 0) is 60.5 Å². The zero-order valence-corrected chi connectivity index (χ0v) is 21.7. The zero-order chi connectivity index (χ0) is 26.9. The SMILES string of the molecule is CCc1nn(-c2ccccc2)c2c1CN(C(=O)Nc1ccccc1F)[C@@H](c1cccc(OC)c1)c1cccn1-2. The Morgan fingerprint density at radius 3 is 2.59 bits per heavy atom. The van der Waals surface area contributed by atoms with Crippen molar-refractivity contribution in [2.45, 2.75) is 25.9 Å².